The van der Waals surface area contributed by atoms with Gasteiger partial charge in [0.15, 0.2) is 0 Å². The second-order valence-corrected chi connectivity index (χ2v) is 6.71. The number of piperidine rings is 1. The number of aryl methyl sites for hydroxylation is 1. The van der Waals surface area contributed by atoms with Gasteiger partial charge in [0.05, 0.1) is 6.04 Å². The Morgan fingerprint density at radius 2 is 1.88 bits per heavy atom. The zero-order valence-corrected chi connectivity index (χ0v) is 14.7. The van der Waals surface area contributed by atoms with Gasteiger partial charge in [-0.1, -0.05) is 18.0 Å². The molecule has 1 aromatic carbocycles. The third kappa shape index (κ3) is 4.19. The van der Waals surface area contributed by atoms with E-state index in [9.17, 15) is 4.79 Å². The molecular formula is C19H23ClN2O2. The fourth-order valence-electron chi connectivity index (χ4n) is 3.16. The van der Waals surface area contributed by atoms with Crippen LogP contribution >= 0.6 is 11.6 Å². The molecule has 1 aromatic heterocycles. The van der Waals surface area contributed by atoms with Crippen LogP contribution in [0.2, 0.25) is 5.02 Å². The second kappa shape index (κ2) is 7.86. The Hall–Kier alpha value is -1.78. The van der Waals surface area contributed by atoms with Crippen molar-refractivity contribution >= 4 is 17.5 Å². The molecule has 24 heavy (non-hydrogen) atoms. The van der Waals surface area contributed by atoms with Crippen LogP contribution < -0.4 is 5.32 Å². The van der Waals surface area contributed by atoms with Gasteiger partial charge in [0.2, 0.25) is 0 Å². The number of amides is 1. The van der Waals surface area contributed by atoms with Crippen LogP contribution in [0.3, 0.4) is 0 Å². The quantitative estimate of drug-likeness (QED) is 0.882. The van der Waals surface area contributed by atoms with Crippen molar-refractivity contribution in [1.29, 1.82) is 0 Å². The highest BCUT2D eigenvalue weighted by Crippen LogP contribution is 2.25. The SMILES string of the molecule is Cc1ccc(C(CNC(=O)c2ccc(Cl)cc2)N2CCCCC2)o1. The van der Waals surface area contributed by atoms with E-state index in [1.807, 2.05) is 19.1 Å². The van der Waals surface area contributed by atoms with E-state index in [1.54, 1.807) is 24.3 Å². The van der Waals surface area contributed by atoms with Gasteiger partial charge in [-0.3, -0.25) is 9.69 Å². The minimum Gasteiger partial charge on any atom is -0.465 e. The van der Waals surface area contributed by atoms with Crippen LogP contribution in [-0.4, -0.2) is 30.4 Å². The van der Waals surface area contributed by atoms with Crippen molar-refractivity contribution in [1.82, 2.24) is 10.2 Å². The van der Waals surface area contributed by atoms with E-state index in [-0.39, 0.29) is 11.9 Å². The van der Waals surface area contributed by atoms with Gasteiger partial charge >= 0.3 is 0 Å². The van der Waals surface area contributed by atoms with Crippen LogP contribution in [0.25, 0.3) is 0 Å². The molecule has 4 nitrogen and oxygen atoms in total. The van der Waals surface area contributed by atoms with E-state index < -0.39 is 0 Å². The number of furan rings is 1. The fraction of sp³-hybridized carbons (Fsp3) is 0.421. The molecule has 1 atom stereocenters. The molecule has 1 fully saturated rings. The lowest BCUT2D eigenvalue weighted by Crippen LogP contribution is -2.40. The Bertz CT molecular complexity index is 675. The van der Waals surface area contributed by atoms with Gasteiger partial charge in [-0.25, -0.2) is 0 Å². The molecule has 2 heterocycles. The summed E-state index contributed by atoms with van der Waals surface area (Å²) in [7, 11) is 0. The van der Waals surface area contributed by atoms with E-state index in [2.05, 4.69) is 10.2 Å². The molecule has 1 aliphatic heterocycles. The Morgan fingerprint density at radius 1 is 1.17 bits per heavy atom. The van der Waals surface area contributed by atoms with Crippen LogP contribution in [0, 0.1) is 6.92 Å². The van der Waals surface area contributed by atoms with Crippen LogP contribution in [0.4, 0.5) is 0 Å². The summed E-state index contributed by atoms with van der Waals surface area (Å²) >= 11 is 5.88. The number of halogens is 1. The minimum atomic E-state index is -0.0862. The zero-order chi connectivity index (χ0) is 16.9. The van der Waals surface area contributed by atoms with Gasteiger partial charge in [-0.15, -0.1) is 0 Å². The molecule has 1 N–H and O–H groups in total. The lowest BCUT2D eigenvalue weighted by molar-refractivity contribution is 0.0913. The van der Waals surface area contributed by atoms with E-state index in [1.165, 1.54) is 19.3 Å². The molecule has 0 radical (unpaired) electrons. The lowest BCUT2D eigenvalue weighted by atomic mass is 10.1. The maximum Gasteiger partial charge on any atom is 0.251 e. The largest absolute Gasteiger partial charge is 0.465 e. The van der Waals surface area contributed by atoms with Crippen molar-refractivity contribution in [2.45, 2.75) is 32.2 Å². The molecule has 0 spiro atoms. The number of hydrogen-bond donors (Lipinski definition) is 1. The zero-order valence-electron chi connectivity index (χ0n) is 13.9. The molecule has 0 bridgehead atoms. The highest BCUT2D eigenvalue weighted by atomic mass is 35.5. The first-order chi connectivity index (χ1) is 11.6. The summed E-state index contributed by atoms with van der Waals surface area (Å²) in [6.07, 6.45) is 3.67. The first-order valence-corrected chi connectivity index (χ1v) is 8.85. The van der Waals surface area contributed by atoms with Gasteiger partial charge in [0, 0.05) is 17.1 Å². The maximum atomic E-state index is 12.4. The van der Waals surface area contributed by atoms with Crippen LogP contribution in [0.1, 0.15) is 47.2 Å². The number of nitrogens with one attached hydrogen (secondary N) is 1. The molecule has 1 unspecified atom stereocenters. The number of likely N-dealkylation sites (tertiary alicyclic amines) is 1. The number of hydrogen-bond acceptors (Lipinski definition) is 3. The number of benzene rings is 1. The number of rotatable bonds is 5. The van der Waals surface area contributed by atoms with Crippen molar-refractivity contribution in [3.8, 4) is 0 Å². The molecule has 1 saturated heterocycles. The normalized spacial score (nSPS) is 16.8. The summed E-state index contributed by atoms with van der Waals surface area (Å²) in [6, 6.07) is 11.0. The van der Waals surface area contributed by atoms with Gasteiger partial charge in [0.1, 0.15) is 11.5 Å². The van der Waals surface area contributed by atoms with E-state index in [0.29, 0.717) is 17.1 Å². The van der Waals surface area contributed by atoms with Crippen LogP contribution in [0.15, 0.2) is 40.8 Å². The summed E-state index contributed by atoms with van der Waals surface area (Å²) in [5, 5.41) is 3.67. The van der Waals surface area contributed by atoms with Gasteiger partial charge in [-0.2, -0.15) is 0 Å². The highest BCUT2D eigenvalue weighted by molar-refractivity contribution is 6.30. The van der Waals surface area contributed by atoms with Crippen molar-refractivity contribution in [3.63, 3.8) is 0 Å². The predicted octanol–water partition coefficient (Wildman–Crippen LogP) is 4.20. The molecule has 128 valence electrons. The number of carbonyl (C=O) groups excluding carboxylic acids is 1. The molecule has 0 saturated carbocycles. The van der Waals surface area contributed by atoms with E-state index >= 15 is 0 Å². The summed E-state index contributed by atoms with van der Waals surface area (Å²) in [4.78, 5) is 14.8. The van der Waals surface area contributed by atoms with Crippen LogP contribution in [-0.2, 0) is 0 Å². The Balaban J connectivity index is 1.69. The first-order valence-electron chi connectivity index (χ1n) is 8.47. The summed E-state index contributed by atoms with van der Waals surface area (Å²) in [6.45, 7) is 4.57. The van der Waals surface area contributed by atoms with Crippen molar-refractivity contribution in [2.75, 3.05) is 19.6 Å². The molecule has 1 aliphatic rings. The van der Waals surface area contributed by atoms with E-state index in [0.717, 1.165) is 24.6 Å². The van der Waals surface area contributed by atoms with Crippen molar-refractivity contribution in [2.24, 2.45) is 0 Å². The summed E-state index contributed by atoms with van der Waals surface area (Å²) in [5.74, 6) is 1.73. The highest BCUT2D eigenvalue weighted by Gasteiger charge is 2.25. The Morgan fingerprint density at radius 3 is 2.50 bits per heavy atom. The first kappa shape index (κ1) is 17.1. The predicted molar refractivity (Wildman–Crippen MR) is 95.4 cm³/mol. The Kier molecular flexibility index (Phi) is 5.59. The third-order valence-electron chi connectivity index (χ3n) is 4.48. The van der Waals surface area contributed by atoms with Gasteiger partial charge < -0.3 is 9.73 Å². The Labute approximate surface area is 147 Å². The molecular weight excluding hydrogens is 324 g/mol. The molecule has 0 aliphatic carbocycles. The topological polar surface area (TPSA) is 45.5 Å². The van der Waals surface area contributed by atoms with Gasteiger partial charge in [0.25, 0.3) is 5.91 Å². The van der Waals surface area contributed by atoms with Crippen molar-refractivity contribution in [3.05, 3.63) is 58.5 Å². The van der Waals surface area contributed by atoms with E-state index in [4.69, 9.17) is 16.0 Å². The monoisotopic (exact) mass is 346 g/mol. The average Bonchev–Trinajstić information content (AvgIpc) is 3.02. The third-order valence-corrected chi connectivity index (χ3v) is 4.74. The van der Waals surface area contributed by atoms with Gasteiger partial charge in [-0.05, 0) is 69.3 Å². The second-order valence-electron chi connectivity index (χ2n) is 6.28. The summed E-state index contributed by atoms with van der Waals surface area (Å²) in [5.41, 5.74) is 0.618. The standard InChI is InChI=1S/C19H23ClN2O2/c1-14-5-10-18(24-14)17(22-11-3-2-4-12-22)13-21-19(23)15-6-8-16(20)9-7-15/h5-10,17H,2-4,11-13H2,1H3,(H,21,23). The molecule has 1 amide bonds. The fourth-order valence-corrected chi connectivity index (χ4v) is 3.29. The number of nitrogens with zero attached hydrogens (tertiary/aromatic N) is 1. The smallest absolute Gasteiger partial charge is 0.251 e. The summed E-state index contributed by atoms with van der Waals surface area (Å²) < 4.78 is 5.84. The number of carbonyl (C=O) groups is 1. The molecule has 3 rings (SSSR count). The maximum absolute atomic E-state index is 12.4. The molecule has 5 heteroatoms. The minimum absolute atomic E-state index is 0.0789. The molecule has 2 aromatic rings. The van der Waals surface area contributed by atoms with Crippen molar-refractivity contribution < 1.29 is 9.21 Å². The van der Waals surface area contributed by atoms with Crippen LogP contribution in [0.5, 0.6) is 0 Å². The average molecular weight is 347 g/mol. The lowest BCUT2D eigenvalue weighted by Gasteiger charge is -2.33.